The van der Waals surface area contributed by atoms with Gasteiger partial charge in [-0.3, -0.25) is 9.59 Å². The van der Waals surface area contributed by atoms with Crippen molar-refractivity contribution in [2.24, 2.45) is 5.10 Å². The number of anilines is 1. The number of carbonyl (C=O) groups excluding carboxylic acids is 2. The third-order valence-electron chi connectivity index (χ3n) is 4.67. The molecule has 4 rings (SSSR count). The van der Waals surface area contributed by atoms with E-state index in [1.165, 1.54) is 11.3 Å². The Bertz CT molecular complexity index is 1090. The van der Waals surface area contributed by atoms with Crippen LogP contribution in [0.15, 0.2) is 55.8 Å². The lowest BCUT2D eigenvalue weighted by molar-refractivity contribution is 0.0957. The Hall–Kier alpha value is -2.71. The molecule has 0 bridgehead atoms. The second kappa shape index (κ2) is 8.34. The van der Waals surface area contributed by atoms with Gasteiger partial charge in [-0.15, -0.1) is 11.3 Å². The number of hydrogen-bond acceptors (Lipinski definition) is 5. The van der Waals surface area contributed by atoms with Crippen LogP contribution >= 0.6 is 27.3 Å². The highest BCUT2D eigenvalue weighted by Gasteiger charge is 2.28. The molecule has 148 valence electrons. The number of amides is 2. The number of benzene rings is 1. The van der Waals surface area contributed by atoms with Gasteiger partial charge in [0.2, 0.25) is 0 Å². The molecule has 2 N–H and O–H groups in total. The van der Waals surface area contributed by atoms with Crippen LogP contribution in [0.5, 0.6) is 0 Å². The van der Waals surface area contributed by atoms with E-state index >= 15 is 0 Å². The maximum absolute atomic E-state index is 12.7. The zero-order chi connectivity index (χ0) is 20.4. The summed E-state index contributed by atoms with van der Waals surface area (Å²) < 4.78 is 6.83. The van der Waals surface area contributed by atoms with Gasteiger partial charge in [-0.25, -0.2) is 5.43 Å². The van der Waals surface area contributed by atoms with Crippen LogP contribution < -0.4 is 10.7 Å². The predicted octanol–water partition coefficient (Wildman–Crippen LogP) is 5.13. The van der Waals surface area contributed by atoms with E-state index in [-0.39, 0.29) is 17.6 Å². The van der Waals surface area contributed by atoms with Gasteiger partial charge in [-0.1, -0.05) is 22.0 Å². The van der Waals surface area contributed by atoms with E-state index in [2.05, 4.69) is 31.8 Å². The minimum Gasteiger partial charge on any atom is -0.455 e. The second-order valence-electron chi connectivity index (χ2n) is 6.65. The van der Waals surface area contributed by atoms with Gasteiger partial charge < -0.3 is 9.73 Å². The van der Waals surface area contributed by atoms with Gasteiger partial charge >= 0.3 is 0 Å². The molecule has 2 heterocycles. The molecule has 1 aliphatic carbocycles. The van der Waals surface area contributed by atoms with Crippen LogP contribution in [0, 0.1) is 6.92 Å². The second-order valence-corrected chi connectivity index (χ2v) is 8.51. The molecule has 0 saturated carbocycles. The number of aryl methyl sites for hydroxylation is 1. The number of carbonyl (C=O) groups is 2. The molecule has 0 unspecified atom stereocenters. The largest absolute Gasteiger partial charge is 0.455 e. The highest BCUT2D eigenvalue weighted by atomic mass is 79.9. The fraction of sp³-hybridized carbons (Fsp3) is 0.190. The van der Waals surface area contributed by atoms with E-state index in [4.69, 9.17) is 4.42 Å². The van der Waals surface area contributed by atoms with E-state index < -0.39 is 0 Å². The summed E-state index contributed by atoms with van der Waals surface area (Å²) in [4.78, 5) is 25.5. The van der Waals surface area contributed by atoms with Crippen molar-refractivity contribution >= 4 is 50.5 Å². The van der Waals surface area contributed by atoms with Crippen molar-refractivity contribution < 1.29 is 14.0 Å². The smallest absolute Gasteiger partial charge is 0.291 e. The average molecular weight is 472 g/mol. The predicted molar refractivity (Wildman–Crippen MR) is 117 cm³/mol. The van der Waals surface area contributed by atoms with Gasteiger partial charge in [0.05, 0.1) is 10.6 Å². The summed E-state index contributed by atoms with van der Waals surface area (Å²) >= 11 is 4.74. The molecule has 2 aromatic heterocycles. The summed E-state index contributed by atoms with van der Waals surface area (Å²) in [7, 11) is 0. The summed E-state index contributed by atoms with van der Waals surface area (Å²) in [5.41, 5.74) is 5.60. The van der Waals surface area contributed by atoms with Crippen molar-refractivity contribution in [3.63, 3.8) is 0 Å². The Kier molecular flexibility index (Phi) is 5.64. The summed E-state index contributed by atoms with van der Waals surface area (Å²) in [5, 5.41) is 9.04. The molecule has 0 radical (unpaired) electrons. The molecular formula is C21H18BrN3O3S. The van der Waals surface area contributed by atoms with Gasteiger partial charge in [0.25, 0.3) is 11.8 Å². The van der Waals surface area contributed by atoms with Crippen LogP contribution in [0.4, 0.5) is 5.69 Å². The minimum absolute atomic E-state index is 0.242. The van der Waals surface area contributed by atoms with Gasteiger partial charge in [-0.05, 0) is 55.5 Å². The molecule has 3 aromatic rings. The number of hydrogen-bond donors (Lipinski definition) is 2. The Balaban J connectivity index is 1.57. The lowest BCUT2D eigenvalue weighted by Crippen LogP contribution is -2.21. The molecule has 8 heteroatoms. The van der Waals surface area contributed by atoms with E-state index in [0.29, 0.717) is 17.0 Å². The van der Waals surface area contributed by atoms with Crippen molar-refractivity contribution in [3.05, 3.63) is 73.8 Å². The standard InChI is InChI=1S/C21H18BrN3O3S/c1-12-18-15(24-25-20(26)17-6-3-11-29-17)4-2-5-16(18)28-19(12)21(27)23-14-9-7-13(22)8-10-14/h3,6-11H,2,4-5H2,1H3,(H,23,27)(H,25,26)/b24-15+. The first-order chi connectivity index (χ1) is 14.0. The first-order valence-corrected chi connectivity index (χ1v) is 10.8. The topological polar surface area (TPSA) is 83.7 Å². The highest BCUT2D eigenvalue weighted by molar-refractivity contribution is 9.10. The monoisotopic (exact) mass is 471 g/mol. The molecule has 0 fully saturated rings. The molecule has 6 nitrogen and oxygen atoms in total. The highest BCUT2D eigenvalue weighted by Crippen LogP contribution is 2.30. The molecule has 0 spiro atoms. The maximum Gasteiger partial charge on any atom is 0.291 e. The first kappa shape index (κ1) is 19.6. The molecule has 29 heavy (non-hydrogen) atoms. The maximum atomic E-state index is 12.7. The molecule has 1 aliphatic rings. The number of halogens is 1. The van der Waals surface area contributed by atoms with Crippen LogP contribution in [0.3, 0.4) is 0 Å². The first-order valence-electron chi connectivity index (χ1n) is 9.13. The molecule has 0 atom stereocenters. The van der Waals surface area contributed by atoms with E-state index in [1.807, 2.05) is 42.6 Å². The number of furan rings is 1. The summed E-state index contributed by atoms with van der Waals surface area (Å²) in [6.45, 7) is 1.85. The summed E-state index contributed by atoms with van der Waals surface area (Å²) in [5.74, 6) is 0.464. The number of thiophene rings is 1. The number of nitrogens with zero attached hydrogens (tertiary/aromatic N) is 1. The fourth-order valence-electron chi connectivity index (χ4n) is 3.30. The molecule has 2 amide bonds. The minimum atomic E-state index is -0.304. The van der Waals surface area contributed by atoms with E-state index in [9.17, 15) is 9.59 Å². The van der Waals surface area contributed by atoms with Crippen LogP contribution in [0.25, 0.3) is 0 Å². The summed E-state index contributed by atoms with van der Waals surface area (Å²) in [6, 6.07) is 10.9. The lowest BCUT2D eigenvalue weighted by Gasteiger charge is -2.13. The molecule has 1 aromatic carbocycles. The fourth-order valence-corrected chi connectivity index (χ4v) is 4.18. The van der Waals surface area contributed by atoms with Crippen molar-refractivity contribution in [1.29, 1.82) is 0 Å². The Morgan fingerprint density at radius 1 is 1.14 bits per heavy atom. The van der Waals surface area contributed by atoms with Crippen LogP contribution in [0.1, 0.15) is 50.0 Å². The third-order valence-corrected chi connectivity index (χ3v) is 6.07. The number of nitrogens with one attached hydrogen (secondary N) is 2. The van der Waals surface area contributed by atoms with Crippen LogP contribution in [-0.4, -0.2) is 17.5 Å². The number of hydrazone groups is 1. The average Bonchev–Trinajstić information content (AvgIpc) is 3.37. The van der Waals surface area contributed by atoms with Crippen molar-refractivity contribution in [3.8, 4) is 0 Å². The van der Waals surface area contributed by atoms with Gasteiger partial charge in [-0.2, -0.15) is 5.10 Å². The normalized spacial score (nSPS) is 14.5. The number of fused-ring (bicyclic) bond motifs is 1. The van der Waals surface area contributed by atoms with Crippen molar-refractivity contribution in [2.45, 2.75) is 26.2 Å². The van der Waals surface area contributed by atoms with Crippen LogP contribution in [0.2, 0.25) is 0 Å². The van der Waals surface area contributed by atoms with Crippen molar-refractivity contribution in [2.75, 3.05) is 5.32 Å². The molecular weight excluding hydrogens is 454 g/mol. The lowest BCUT2D eigenvalue weighted by atomic mass is 9.93. The molecule has 0 saturated heterocycles. The van der Waals surface area contributed by atoms with E-state index in [1.54, 1.807) is 6.07 Å². The van der Waals surface area contributed by atoms with Gasteiger partial charge in [0.15, 0.2) is 5.76 Å². The third kappa shape index (κ3) is 4.18. The Labute approximate surface area is 180 Å². The Morgan fingerprint density at radius 3 is 2.66 bits per heavy atom. The summed E-state index contributed by atoms with van der Waals surface area (Å²) in [6.07, 6.45) is 2.30. The van der Waals surface area contributed by atoms with E-state index in [0.717, 1.165) is 39.9 Å². The van der Waals surface area contributed by atoms with Gasteiger partial charge in [0, 0.05) is 27.7 Å². The Morgan fingerprint density at radius 2 is 1.93 bits per heavy atom. The SMILES string of the molecule is Cc1c(C(=O)Nc2ccc(Br)cc2)oc2c1/C(=N/NC(=O)c1cccs1)CCC2. The van der Waals surface area contributed by atoms with Crippen LogP contribution in [-0.2, 0) is 6.42 Å². The zero-order valence-electron chi connectivity index (χ0n) is 15.6. The quantitative estimate of drug-likeness (QED) is 0.516. The molecule has 0 aliphatic heterocycles. The zero-order valence-corrected chi connectivity index (χ0v) is 18.0. The van der Waals surface area contributed by atoms with Gasteiger partial charge in [0.1, 0.15) is 5.76 Å². The van der Waals surface area contributed by atoms with Crippen molar-refractivity contribution in [1.82, 2.24) is 5.43 Å². The number of rotatable bonds is 4.